The van der Waals surface area contributed by atoms with Crippen LogP contribution in [0.5, 0.6) is 0 Å². The Morgan fingerprint density at radius 1 is 1.27 bits per heavy atom. The van der Waals surface area contributed by atoms with Crippen LogP contribution in [0.15, 0.2) is 29.4 Å². The summed E-state index contributed by atoms with van der Waals surface area (Å²) in [6, 6.07) is 3.23. The number of nitrogens with one attached hydrogen (secondary N) is 1. The molecule has 0 radical (unpaired) electrons. The Hall–Kier alpha value is -1.09. The largest absolute Gasteiger partial charge is 0.255 e. The molecule has 0 saturated heterocycles. The van der Waals surface area contributed by atoms with Crippen LogP contribution in [-0.2, 0) is 11.0 Å². The van der Waals surface area contributed by atoms with E-state index in [1.54, 1.807) is 6.20 Å². The lowest BCUT2D eigenvalue weighted by molar-refractivity contribution is 0.574. The van der Waals surface area contributed by atoms with Gasteiger partial charge in [-0.15, -0.1) is 11.8 Å². The lowest BCUT2D eigenvalue weighted by atomic mass is 9.96. The van der Waals surface area contributed by atoms with Crippen molar-refractivity contribution in [1.82, 2.24) is 14.7 Å². The molecule has 1 aromatic carbocycles. The van der Waals surface area contributed by atoms with Gasteiger partial charge in [0.05, 0.1) is 27.6 Å². The molecule has 1 heterocycles. The zero-order chi connectivity index (χ0) is 19.5. The van der Waals surface area contributed by atoms with Crippen LogP contribution in [-0.4, -0.2) is 31.7 Å². The molecule has 0 bridgehead atoms. The Labute approximate surface area is 163 Å². The summed E-state index contributed by atoms with van der Waals surface area (Å²) in [5.41, 5.74) is 0.710. The summed E-state index contributed by atoms with van der Waals surface area (Å²) in [6.07, 6.45) is 3.39. The molecule has 142 valence electrons. The van der Waals surface area contributed by atoms with E-state index in [4.69, 9.17) is 11.6 Å². The summed E-state index contributed by atoms with van der Waals surface area (Å²) < 4.78 is 42.2. The van der Waals surface area contributed by atoms with E-state index in [0.717, 1.165) is 6.07 Å². The fourth-order valence-electron chi connectivity index (χ4n) is 2.22. The van der Waals surface area contributed by atoms with Crippen LogP contribution in [0.4, 0.5) is 8.78 Å². The van der Waals surface area contributed by atoms with E-state index in [1.807, 2.05) is 27.0 Å². The highest BCUT2D eigenvalue weighted by Gasteiger charge is 2.25. The summed E-state index contributed by atoms with van der Waals surface area (Å²) in [6.45, 7) is 5.62. The zero-order valence-electron chi connectivity index (χ0n) is 14.8. The van der Waals surface area contributed by atoms with Crippen LogP contribution >= 0.6 is 23.4 Å². The summed E-state index contributed by atoms with van der Waals surface area (Å²) in [5.74, 6) is -2.01. The SMILES string of the molecule is CSc1cnc([C@@H](CNS(=O)C(C)(C)C)c2cc(F)cc(F)c2)c(Cl)n1. The van der Waals surface area contributed by atoms with Crippen LogP contribution < -0.4 is 4.72 Å². The molecule has 1 aromatic heterocycles. The van der Waals surface area contributed by atoms with E-state index in [-0.39, 0.29) is 11.7 Å². The number of nitrogens with zero attached hydrogens (tertiary/aromatic N) is 2. The van der Waals surface area contributed by atoms with Crippen molar-refractivity contribution in [2.75, 3.05) is 12.8 Å². The van der Waals surface area contributed by atoms with Crippen molar-refractivity contribution in [1.29, 1.82) is 0 Å². The first-order valence-electron chi connectivity index (χ1n) is 7.79. The predicted octanol–water partition coefficient (Wildman–Crippen LogP) is 4.31. The molecule has 0 fully saturated rings. The number of thioether (sulfide) groups is 1. The molecule has 1 N–H and O–H groups in total. The Bertz CT molecular complexity index is 795. The molecular formula is C17H20ClF2N3OS2. The smallest absolute Gasteiger partial charge is 0.152 e. The average Bonchev–Trinajstić information content (AvgIpc) is 2.54. The highest BCUT2D eigenvalue weighted by Crippen LogP contribution is 2.30. The Morgan fingerprint density at radius 3 is 2.38 bits per heavy atom. The van der Waals surface area contributed by atoms with Gasteiger partial charge in [0.1, 0.15) is 16.7 Å². The van der Waals surface area contributed by atoms with Crippen molar-refractivity contribution in [3.8, 4) is 0 Å². The van der Waals surface area contributed by atoms with Gasteiger partial charge in [0, 0.05) is 18.5 Å². The van der Waals surface area contributed by atoms with Gasteiger partial charge in [-0.25, -0.2) is 22.7 Å². The van der Waals surface area contributed by atoms with Crippen molar-refractivity contribution >= 4 is 34.3 Å². The van der Waals surface area contributed by atoms with E-state index in [2.05, 4.69) is 14.7 Å². The second kappa shape index (κ2) is 8.73. The molecule has 0 aliphatic rings. The Balaban J connectivity index is 2.43. The minimum absolute atomic E-state index is 0.139. The number of aromatic nitrogens is 2. The van der Waals surface area contributed by atoms with Crippen molar-refractivity contribution in [3.63, 3.8) is 0 Å². The van der Waals surface area contributed by atoms with Gasteiger partial charge in [0.15, 0.2) is 5.15 Å². The number of benzene rings is 1. The van der Waals surface area contributed by atoms with E-state index in [0.29, 0.717) is 16.3 Å². The molecule has 0 spiro atoms. The molecule has 2 atom stereocenters. The first-order chi connectivity index (χ1) is 12.1. The van der Waals surface area contributed by atoms with E-state index in [1.165, 1.54) is 23.9 Å². The minimum Gasteiger partial charge on any atom is -0.255 e. The van der Waals surface area contributed by atoms with E-state index < -0.39 is 33.3 Å². The van der Waals surface area contributed by atoms with Gasteiger partial charge >= 0.3 is 0 Å². The van der Waals surface area contributed by atoms with Crippen molar-refractivity contribution in [2.45, 2.75) is 36.5 Å². The summed E-state index contributed by atoms with van der Waals surface area (Å²) >= 11 is 7.64. The summed E-state index contributed by atoms with van der Waals surface area (Å²) in [4.78, 5) is 8.56. The van der Waals surface area contributed by atoms with E-state index in [9.17, 15) is 13.0 Å². The van der Waals surface area contributed by atoms with Gasteiger partial charge in [-0.05, 0) is 44.7 Å². The van der Waals surface area contributed by atoms with Crippen LogP contribution in [0.25, 0.3) is 0 Å². The van der Waals surface area contributed by atoms with Crippen molar-refractivity contribution in [3.05, 3.63) is 52.4 Å². The monoisotopic (exact) mass is 419 g/mol. The van der Waals surface area contributed by atoms with Crippen LogP contribution in [0.3, 0.4) is 0 Å². The summed E-state index contributed by atoms with van der Waals surface area (Å²) in [5, 5.41) is 0.781. The Morgan fingerprint density at radius 2 is 1.88 bits per heavy atom. The highest BCUT2D eigenvalue weighted by molar-refractivity contribution is 7.98. The second-order valence-electron chi connectivity index (χ2n) is 6.57. The van der Waals surface area contributed by atoms with Gasteiger partial charge in [-0.1, -0.05) is 11.6 Å². The van der Waals surface area contributed by atoms with E-state index >= 15 is 0 Å². The van der Waals surface area contributed by atoms with Gasteiger partial charge < -0.3 is 0 Å². The van der Waals surface area contributed by atoms with Crippen molar-refractivity contribution < 1.29 is 13.0 Å². The van der Waals surface area contributed by atoms with Crippen LogP contribution in [0.1, 0.15) is 37.9 Å². The Kier molecular flexibility index (Phi) is 7.12. The number of hydrogen-bond donors (Lipinski definition) is 1. The van der Waals surface area contributed by atoms with Gasteiger partial charge in [0.2, 0.25) is 0 Å². The normalized spacial score (nSPS) is 14.3. The molecular weight excluding hydrogens is 400 g/mol. The third-order valence-corrected chi connectivity index (χ3v) is 5.97. The number of rotatable bonds is 6. The molecule has 0 saturated carbocycles. The molecule has 9 heteroatoms. The topological polar surface area (TPSA) is 54.9 Å². The maximum atomic E-state index is 13.7. The maximum Gasteiger partial charge on any atom is 0.152 e. The molecule has 2 rings (SSSR count). The highest BCUT2D eigenvalue weighted by atomic mass is 35.5. The fourth-order valence-corrected chi connectivity index (χ4v) is 3.63. The second-order valence-corrected chi connectivity index (χ2v) is 9.81. The average molecular weight is 420 g/mol. The van der Waals surface area contributed by atoms with Crippen LogP contribution in [0, 0.1) is 11.6 Å². The van der Waals surface area contributed by atoms with Crippen LogP contribution in [0.2, 0.25) is 5.15 Å². The zero-order valence-corrected chi connectivity index (χ0v) is 17.2. The lowest BCUT2D eigenvalue weighted by Gasteiger charge is -2.22. The third-order valence-electron chi connectivity index (χ3n) is 3.53. The molecule has 1 unspecified atom stereocenters. The van der Waals surface area contributed by atoms with Crippen molar-refractivity contribution in [2.24, 2.45) is 0 Å². The fraction of sp³-hybridized carbons (Fsp3) is 0.412. The van der Waals surface area contributed by atoms with Gasteiger partial charge in [-0.3, -0.25) is 4.98 Å². The molecule has 26 heavy (non-hydrogen) atoms. The number of hydrogen-bond acceptors (Lipinski definition) is 4. The minimum atomic E-state index is -1.36. The lowest BCUT2D eigenvalue weighted by Crippen LogP contribution is -2.36. The maximum absolute atomic E-state index is 13.7. The molecule has 0 aliphatic carbocycles. The summed E-state index contributed by atoms with van der Waals surface area (Å²) in [7, 11) is -1.36. The standard InChI is InChI=1S/C17H20ClF2N3OS2/c1-17(2,3)26(24)22-8-13(10-5-11(19)7-12(20)6-10)15-16(18)23-14(25-4)9-21-15/h5-7,9,13,22H,8H2,1-4H3/t13-,26?/m0/s1. The number of halogens is 3. The first-order valence-corrected chi connectivity index (χ1v) is 10.5. The molecule has 2 aromatic rings. The van der Waals surface area contributed by atoms with Gasteiger partial charge in [-0.2, -0.15) is 0 Å². The quantitative estimate of drug-likeness (QED) is 0.708. The molecule has 0 amide bonds. The molecule has 0 aliphatic heterocycles. The third kappa shape index (κ3) is 5.45. The predicted molar refractivity (Wildman–Crippen MR) is 103 cm³/mol. The molecule has 4 nitrogen and oxygen atoms in total. The van der Waals surface area contributed by atoms with Gasteiger partial charge in [0.25, 0.3) is 0 Å². The first kappa shape index (κ1) is 21.2.